The van der Waals surface area contributed by atoms with Gasteiger partial charge in [-0.25, -0.2) is 0 Å². The van der Waals surface area contributed by atoms with E-state index in [1.807, 2.05) is 13.8 Å². The number of aliphatic imine (C=N–C) groups is 1. The van der Waals surface area contributed by atoms with Crippen LogP contribution in [0.4, 0.5) is 11.4 Å². The Morgan fingerprint density at radius 2 is 2.00 bits per heavy atom. The van der Waals surface area contributed by atoms with Gasteiger partial charge in [-0.2, -0.15) is 0 Å². The number of hydrogen-bond donors (Lipinski definition) is 0. The summed E-state index contributed by atoms with van der Waals surface area (Å²) in [7, 11) is 0. The maximum Gasteiger partial charge on any atom is 0.0867 e. The van der Waals surface area contributed by atoms with E-state index in [0.717, 1.165) is 0 Å². The van der Waals surface area contributed by atoms with Crippen LogP contribution in [0.15, 0.2) is 23.8 Å². The van der Waals surface area contributed by atoms with Crippen LogP contribution < -0.4 is 0 Å². The fraction of sp³-hybridized carbons (Fsp3) is 0.182. The zero-order chi connectivity index (χ0) is 10.3. The molecule has 0 saturated heterocycles. The van der Waals surface area contributed by atoms with E-state index in [1.54, 1.807) is 18.3 Å². The number of nitrogens with zero attached hydrogens (tertiary/aromatic N) is 2. The molecule has 0 saturated carbocycles. The van der Waals surface area contributed by atoms with Crippen LogP contribution in [-0.4, -0.2) is 11.7 Å². The molecule has 1 N–H and O–H groups in total. The average Bonchev–Trinajstić information content (AvgIpc) is 2.20. The minimum atomic E-state index is 0. The Hall–Kier alpha value is -0.536. The summed E-state index contributed by atoms with van der Waals surface area (Å²) in [6.45, 7) is 10.9. The van der Waals surface area contributed by atoms with Crippen molar-refractivity contribution >= 4 is 24.2 Å². The number of rotatable bonds is 2. The normalized spacial score (nSPS) is 7.07. The third-order valence-electron chi connectivity index (χ3n) is 1.30. The quantitative estimate of drug-likeness (QED) is 0.591. The van der Waals surface area contributed by atoms with Gasteiger partial charge in [-0.3, -0.25) is 9.98 Å². The van der Waals surface area contributed by atoms with Gasteiger partial charge in [0.25, 0.3) is 0 Å². The van der Waals surface area contributed by atoms with Crippen molar-refractivity contribution in [1.82, 2.24) is 4.98 Å². The van der Waals surface area contributed by atoms with Crippen LogP contribution in [0.5, 0.6) is 0 Å². The molecule has 1 heterocycles. The third-order valence-corrected chi connectivity index (χ3v) is 1.30. The Kier molecular flexibility index (Phi) is 15.3. The van der Waals surface area contributed by atoms with Crippen molar-refractivity contribution in [3.8, 4) is 0 Å². The molecule has 81 valence electrons. The Balaban J connectivity index is -0.000000339. The summed E-state index contributed by atoms with van der Waals surface area (Å²) < 4.78 is 0. The molecule has 1 aromatic heterocycles. The second kappa shape index (κ2) is 11.5. The van der Waals surface area contributed by atoms with E-state index in [-0.39, 0.29) is 40.1 Å². The smallest absolute Gasteiger partial charge is 0.0867 e. The first-order valence-corrected chi connectivity index (χ1v) is 4.09. The summed E-state index contributed by atoms with van der Waals surface area (Å²) >= 11 is 0. The summed E-state index contributed by atoms with van der Waals surface area (Å²) in [4.78, 5) is 7.63. The van der Waals surface area contributed by atoms with Crippen molar-refractivity contribution in [2.45, 2.75) is 13.8 Å². The molecule has 0 unspecified atom stereocenters. The van der Waals surface area contributed by atoms with Gasteiger partial charge in [0.2, 0.25) is 0 Å². The number of aromatic nitrogens is 1. The zero-order valence-electron chi connectivity index (χ0n) is 9.62. The number of nitrogens with one attached hydrogen (secondary N) is 1. The van der Waals surface area contributed by atoms with E-state index < -0.39 is 0 Å². The molecule has 15 heavy (non-hydrogen) atoms. The van der Waals surface area contributed by atoms with Crippen LogP contribution >= 0.6 is 0 Å². The van der Waals surface area contributed by atoms with Crippen LogP contribution in [0.25, 0.3) is 11.8 Å². The van der Waals surface area contributed by atoms with Gasteiger partial charge in [0.1, 0.15) is 0 Å². The fourth-order valence-corrected chi connectivity index (χ4v) is 0.786. The van der Waals surface area contributed by atoms with Gasteiger partial charge >= 0.3 is 0 Å². The van der Waals surface area contributed by atoms with Gasteiger partial charge in [-0.15, -0.1) is 5.69 Å². The van der Waals surface area contributed by atoms with Gasteiger partial charge in [0.15, 0.2) is 0 Å². The molecule has 0 amide bonds. The Labute approximate surface area is 118 Å². The summed E-state index contributed by atoms with van der Waals surface area (Å²) in [6.07, 6.45) is 3.11. The van der Waals surface area contributed by atoms with Crippen LogP contribution in [0, 0.1) is 7.43 Å². The SMILES string of the molecule is C=Cc1nccc([NH-])c1N=C.CC.[CH3-].[Y]. The molecule has 1 aromatic rings. The first-order valence-electron chi connectivity index (χ1n) is 4.09. The number of hydrogen-bond acceptors (Lipinski definition) is 2. The molecule has 4 heteroatoms. The van der Waals surface area contributed by atoms with E-state index in [2.05, 4.69) is 23.3 Å². The van der Waals surface area contributed by atoms with Gasteiger partial charge < -0.3 is 13.2 Å². The van der Waals surface area contributed by atoms with Crippen LogP contribution in [0.3, 0.4) is 0 Å². The van der Waals surface area contributed by atoms with Crippen molar-refractivity contribution < 1.29 is 32.7 Å². The second-order valence-corrected chi connectivity index (χ2v) is 1.95. The van der Waals surface area contributed by atoms with E-state index in [4.69, 9.17) is 5.73 Å². The third kappa shape index (κ3) is 5.80. The van der Waals surface area contributed by atoms with Crippen molar-refractivity contribution in [3.05, 3.63) is 37.7 Å². The largest absolute Gasteiger partial charge is 0.697 e. The minimum Gasteiger partial charge on any atom is -0.697 e. The molecular formula is C11H17N3Y-2. The summed E-state index contributed by atoms with van der Waals surface area (Å²) in [5, 5.41) is 0. The van der Waals surface area contributed by atoms with Crippen molar-refractivity contribution in [2.75, 3.05) is 0 Å². The molecular weight excluding hydrogens is 263 g/mol. The Morgan fingerprint density at radius 3 is 2.33 bits per heavy atom. The molecule has 0 aliphatic heterocycles. The topological polar surface area (TPSA) is 49.0 Å². The molecule has 1 radical (unpaired) electrons. The first kappa shape index (κ1) is 20.0. The van der Waals surface area contributed by atoms with E-state index in [9.17, 15) is 0 Å². The fourth-order valence-electron chi connectivity index (χ4n) is 0.786. The Bertz CT molecular complexity index is 298. The van der Waals surface area contributed by atoms with Gasteiger partial charge in [0.05, 0.1) is 11.4 Å². The average molecular weight is 280 g/mol. The van der Waals surface area contributed by atoms with Gasteiger partial charge in [-0.05, 0) is 12.8 Å². The van der Waals surface area contributed by atoms with Crippen LogP contribution in [-0.2, 0) is 32.7 Å². The van der Waals surface area contributed by atoms with Gasteiger partial charge in [-0.1, -0.05) is 26.5 Å². The molecule has 0 aliphatic carbocycles. The van der Waals surface area contributed by atoms with Crippen molar-refractivity contribution in [2.24, 2.45) is 4.99 Å². The summed E-state index contributed by atoms with van der Waals surface area (Å²) in [5.74, 6) is 0. The standard InChI is InChI=1S/C8H8N3.C2H6.CH3.Y/c1-3-7-8(10-2)6(9)4-5-11-7;1-2;;/h3-5H,1-2H2,(H-,9,11);1-2H3;1H3;/q-1;;-1;. The Morgan fingerprint density at radius 1 is 1.47 bits per heavy atom. The maximum absolute atomic E-state index is 7.39. The molecule has 0 bridgehead atoms. The summed E-state index contributed by atoms with van der Waals surface area (Å²) in [6, 6.07) is 1.57. The maximum atomic E-state index is 7.39. The molecule has 0 aromatic carbocycles. The molecule has 3 nitrogen and oxygen atoms in total. The summed E-state index contributed by atoms with van der Waals surface area (Å²) in [5.41, 5.74) is 8.81. The zero-order valence-corrected chi connectivity index (χ0v) is 12.5. The first-order chi connectivity index (χ1) is 6.29. The van der Waals surface area contributed by atoms with Crippen molar-refractivity contribution in [1.29, 1.82) is 0 Å². The van der Waals surface area contributed by atoms with E-state index in [0.29, 0.717) is 17.1 Å². The van der Waals surface area contributed by atoms with Crippen LogP contribution in [0.1, 0.15) is 19.5 Å². The van der Waals surface area contributed by atoms with E-state index in [1.165, 1.54) is 0 Å². The molecule has 0 atom stereocenters. The predicted molar refractivity (Wildman–Crippen MR) is 65.3 cm³/mol. The number of pyridine rings is 1. The molecule has 0 aliphatic rings. The molecule has 1 rings (SSSR count). The minimum absolute atomic E-state index is 0. The monoisotopic (exact) mass is 280 g/mol. The second-order valence-electron chi connectivity index (χ2n) is 1.95. The van der Waals surface area contributed by atoms with E-state index >= 15 is 0 Å². The molecule has 0 spiro atoms. The van der Waals surface area contributed by atoms with Gasteiger partial charge in [0, 0.05) is 38.9 Å². The van der Waals surface area contributed by atoms with Crippen molar-refractivity contribution in [3.63, 3.8) is 0 Å². The van der Waals surface area contributed by atoms with Crippen LogP contribution in [0.2, 0.25) is 0 Å². The predicted octanol–water partition coefficient (Wildman–Crippen LogP) is 4.21. The molecule has 0 fully saturated rings.